The van der Waals surface area contributed by atoms with Crippen LogP contribution in [0.4, 0.5) is 0 Å². The summed E-state index contributed by atoms with van der Waals surface area (Å²) in [5, 5.41) is 4.40. The summed E-state index contributed by atoms with van der Waals surface area (Å²) in [4.78, 5) is 19.9. The Bertz CT molecular complexity index is 2780. The van der Waals surface area contributed by atoms with Crippen molar-refractivity contribution < 1.29 is 8.83 Å². The minimum absolute atomic E-state index is 0.589. The molecule has 7 heteroatoms. The zero-order valence-electron chi connectivity index (χ0n) is 24.7. The molecule has 0 aliphatic heterocycles. The van der Waals surface area contributed by atoms with Crippen molar-refractivity contribution in [1.29, 1.82) is 0 Å². The van der Waals surface area contributed by atoms with Crippen LogP contribution in [0, 0.1) is 0 Å². The fraction of sp³-hybridized carbons (Fsp3) is 0. The van der Waals surface area contributed by atoms with Crippen LogP contribution in [-0.2, 0) is 0 Å². The zero-order valence-corrected chi connectivity index (χ0v) is 25.5. The predicted octanol–water partition coefficient (Wildman–Crippen LogP) is 10.9. The first-order valence-electron chi connectivity index (χ1n) is 15.3. The first-order chi connectivity index (χ1) is 23.2. The molecule has 0 amide bonds. The standard InChI is InChI=1S/C40H22N4O2S/c1-2-9-23(10-3-1)37-42-38(24-17-19-27-26-11-4-6-14-31(26)45-33(27)21-24)44-39(43-37)29-12-8-16-34-36(29)28-20-18-25(22-35(28)47-34)40-41-30-13-5-7-15-32(30)46-40/h1-22H. The Morgan fingerprint density at radius 2 is 1.15 bits per heavy atom. The highest BCUT2D eigenvalue weighted by atomic mass is 32.1. The van der Waals surface area contributed by atoms with Crippen LogP contribution in [0.5, 0.6) is 0 Å². The van der Waals surface area contributed by atoms with Crippen LogP contribution < -0.4 is 0 Å². The van der Waals surface area contributed by atoms with Crippen molar-refractivity contribution in [2.24, 2.45) is 0 Å². The largest absolute Gasteiger partial charge is 0.456 e. The summed E-state index contributed by atoms with van der Waals surface area (Å²) in [5.74, 6) is 2.43. The van der Waals surface area contributed by atoms with Crippen LogP contribution in [-0.4, -0.2) is 19.9 Å². The van der Waals surface area contributed by atoms with Crippen LogP contribution in [0.25, 0.3) is 98.8 Å². The summed E-state index contributed by atoms with van der Waals surface area (Å²) in [6.07, 6.45) is 0. The highest BCUT2D eigenvalue weighted by Gasteiger charge is 2.19. The number of aromatic nitrogens is 4. The molecule has 0 saturated heterocycles. The third-order valence-corrected chi connectivity index (χ3v) is 9.70. The van der Waals surface area contributed by atoms with Gasteiger partial charge in [-0.1, -0.05) is 84.9 Å². The first-order valence-corrected chi connectivity index (χ1v) is 16.1. The van der Waals surface area contributed by atoms with Gasteiger partial charge in [-0.2, -0.15) is 0 Å². The maximum Gasteiger partial charge on any atom is 0.227 e. The second kappa shape index (κ2) is 10.2. The van der Waals surface area contributed by atoms with Gasteiger partial charge in [0.15, 0.2) is 23.1 Å². The number of para-hydroxylation sites is 3. The minimum atomic E-state index is 0.589. The van der Waals surface area contributed by atoms with Gasteiger partial charge in [0.05, 0.1) is 0 Å². The molecule has 220 valence electrons. The lowest BCUT2D eigenvalue weighted by atomic mass is 10.0. The van der Waals surface area contributed by atoms with E-state index in [0.29, 0.717) is 23.4 Å². The van der Waals surface area contributed by atoms with E-state index in [1.807, 2.05) is 78.9 Å². The molecule has 10 rings (SSSR count). The molecule has 0 radical (unpaired) electrons. The summed E-state index contributed by atoms with van der Waals surface area (Å²) in [6, 6.07) is 44.9. The SMILES string of the molecule is c1ccc(-c2nc(-c3ccc4c(c3)oc3ccccc34)nc(-c3cccc4sc5cc(-c6nc7ccccc7o6)ccc5c34)n2)cc1. The van der Waals surface area contributed by atoms with E-state index >= 15 is 0 Å². The highest BCUT2D eigenvalue weighted by molar-refractivity contribution is 7.26. The lowest BCUT2D eigenvalue weighted by Crippen LogP contribution is -2.00. The molecule has 0 N–H and O–H groups in total. The third-order valence-electron chi connectivity index (χ3n) is 8.58. The topological polar surface area (TPSA) is 77.8 Å². The number of hydrogen-bond acceptors (Lipinski definition) is 7. The molecule has 6 nitrogen and oxygen atoms in total. The average molecular weight is 623 g/mol. The van der Waals surface area contributed by atoms with E-state index in [9.17, 15) is 0 Å². The van der Waals surface area contributed by atoms with Crippen LogP contribution in [0.1, 0.15) is 0 Å². The fourth-order valence-corrected chi connectivity index (χ4v) is 7.52. The molecule has 0 fully saturated rings. The Balaban J connectivity index is 1.16. The second-order valence-electron chi connectivity index (χ2n) is 11.5. The molecule has 10 aromatic rings. The monoisotopic (exact) mass is 622 g/mol. The van der Waals surface area contributed by atoms with Gasteiger partial charge < -0.3 is 8.83 Å². The number of fused-ring (bicyclic) bond motifs is 7. The number of benzene rings is 6. The summed E-state index contributed by atoms with van der Waals surface area (Å²) < 4.78 is 14.6. The van der Waals surface area contributed by atoms with E-state index in [0.717, 1.165) is 75.5 Å². The molecule has 0 aliphatic carbocycles. The third kappa shape index (κ3) is 4.25. The van der Waals surface area contributed by atoms with Crippen molar-refractivity contribution in [3.8, 4) is 45.6 Å². The Hall–Kier alpha value is -6.18. The Kier molecular flexibility index (Phi) is 5.64. The van der Waals surface area contributed by atoms with Gasteiger partial charge in [0.25, 0.3) is 0 Å². The van der Waals surface area contributed by atoms with Gasteiger partial charge in [-0.15, -0.1) is 11.3 Å². The number of oxazole rings is 1. The number of thiophene rings is 1. The van der Waals surface area contributed by atoms with E-state index in [4.69, 9.17) is 28.8 Å². The first kappa shape index (κ1) is 26.1. The second-order valence-corrected chi connectivity index (χ2v) is 12.5. The lowest BCUT2D eigenvalue weighted by Gasteiger charge is -2.09. The zero-order chi connectivity index (χ0) is 30.9. The molecular weight excluding hydrogens is 601 g/mol. The van der Waals surface area contributed by atoms with Gasteiger partial charge in [0, 0.05) is 53.2 Å². The van der Waals surface area contributed by atoms with Crippen LogP contribution in [0.2, 0.25) is 0 Å². The normalized spacial score (nSPS) is 11.8. The van der Waals surface area contributed by atoms with Gasteiger partial charge in [-0.25, -0.2) is 19.9 Å². The van der Waals surface area contributed by atoms with Gasteiger partial charge in [-0.05, 0) is 48.5 Å². The molecular formula is C40H22N4O2S. The predicted molar refractivity (Wildman–Crippen MR) is 189 cm³/mol. The molecule has 0 atom stereocenters. The molecule has 0 spiro atoms. The summed E-state index contributed by atoms with van der Waals surface area (Å²) >= 11 is 1.74. The Labute approximate surface area is 271 Å². The van der Waals surface area contributed by atoms with Gasteiger partial charge in [0.1, 0.15) is 16.7 Å². The van der Waals surface area contributed by atoms with Crippen molar-refractivity contribution in [1.82, 2.24) is 19.9 Å². The molecule has 0 unspecified atom stereocenters. The van der Waals surface area contributed by atoms with Gasteiger partial charge >= 0.3 is 0 Å². The van der Waals surface area contributed by atoms with Gasteiger partial charge in [-0.3, -0.25) is 0 Å². The minimum Gasteiger partial charge on any atom is -0.456 e. The Morgan fingerprint density at radius 3 is 2.04 bits per heavy atom. The molecule has 0 aliphatic rings. The lowest BCUT2D eigenvalue weighted by molar-refractivity contribution is 0.620. The van der Waals surface area contributed by atoms with E-state index in [-0.39, 0.29) is 0 Å². The van der Waals surface area contributed by atoms with E-state index in [2.05, 4.69) is 54.6 Å². The maximum atomic E-state index is 6.22. The van der Waals surface area contributed by atoms with Crippen molar-refractivity contribution in [3.63, 3.8) is 0 Å². The number of furan rings is 1. The molecule has 0 bridgehead atoms. The van der Waals surface area contributed by atoms with Crippen LogP contribution in [0.15, 0.2) is 142 Å². The Morgan fingerprint density at radius 1 is 0.426 bits per heavy atom. The van der Waals surface area contributed by atoms with Crippen molar-refractivity contribution >= 4 is 64.5 Å². The van der Waals surface area contributed by atoms with Gasteiger partial charge in [0.2, 0.25) is 5.89 Å². The summed E-state index contributed by atoms with van der Waals surface area (Å²) in [5.41, 5.74) is 6.96. The number of rotatable bonds is 4. The quantitative estimate of drug-likeness (QED) is 0.194. The van der Waals surface area contributed by atoms with E-state index in [1.165, 1.54) is 0 Å². The smallest absolute Gasteiger partial charge is 0.227 e. The summed E-state index contributed by atoms with van der Waals surface area (Å²) in [6.45, 7) is 0. The van der Waals surface area contributed by atoms with Crippen LogP contribution in [0.3, 0.4) is 0 Å². The number of nitrogens with zero attached hydrogens (tertiary/aromatic N) is 4. The fourth-order valence-electron chi connectivity index (χ4n) is 6.35. The molecule has 6 aromatic carbocycles. The van der Waals surface area contributed by atoms with E-state index < -0.39 is 0 Å². The van der Waals surface area contributed by atoms with Crippen molar-refractivity contribution in [2.45, 2.75) is 0 Å². The molecule has 4 heterocycles. The highest BCUT2D eigenvalue weighted by Crippen LogP contribution is 2.41. The molecule has 0 saturated carbocycles. The van der Waals surface area contributed by atoms with Crippen molar-refractivity contribution in [2.75, 3.05) is 0 Å². The molecule has 47 heavy (non-hydrogen) atoms. The van der Waals surface area contributed by atoms with Crippen LogP contribution >= 0.6 is 11.3 Å². The van der Waals surface area contributed by atoms with E-state index in [1.54, 1.807) is 11.3 Å². The number of hydrogen-bond donors (Lipinski definition) is 0. The maximum absolute atomic E-state index is 6.22. The average Bonchev–Trinajstić information content (AvgIpc) is 3.84. The van der Waals surface area contributed by atoms with Crippen molar-refractivity contribution in [3.05, 3.63) is 133 Å². The summed E-state index contributed by atoms with van der Waals surface area (Å²) in [7, 11) is 0. The molecule has 4 aromatic heterocycles.